The number of carbonyl (C=O) groups excluding carboxylic acids is 3. The van der Waals surface area contributed by atoms with Crippen molar-refractivity contribution in [3.05, 3.63) is 29.3 Å². The van der Waals surface area contributed by atoms with Gasteiger partial charge in [-0.15, -0.1) is 0 Å². The minimum atomic E-state index is -0.404. The molecule has 6 heteroatoms. The molecule has 2 aliphatic heterocycles. The molecule has 1 saturated heterocycles. The Hall–Kier alpha value is -2.21. The predicted molar refractivity (Wildman–Crippen MR) is 68.1 cm³/mol. The molecular weight excluding hydrogens is 246 g/mol. The maximum absolute atomic E-state index is 12.1. The quantitative estimate of drug-likeness (QED) is 0.727. The highest BCUT2D eigenvalue weighted by atomic mass is 16.2. The number of imide groups is 1. The number of anilines is 1. The van der Waals surface area contributed by atoms with Crippen molar-refractivity contribution >= 4 is 23.4 Å². The second-order valence-corrected chi connectivity index (χ2v) is 4.63. The number of hydrogen-bond acceptors (Lipinski definition) is 4. The van der Waals surface area contributed by atoms with E-state index >= 15 is 0 Å². The zero-order valence-electron chi connectivity index (χ0n) is 10.4. The van der Waals surface area contributed by atoms with Crippen LogP contribution in [0.3, 0.4) is 0 Å². The molecule has 19 heavy (non-hydrogen) atoms. The van der Waals surface area contributed by atoms with E-state index in [1.807, 2.05) is 0 Å². The molecule has 1 aromatic rings. The van der Waals surface area contributed by atoms with Crippen molar-refractivity contribution in [3.8, 4) is 0 Å². The minimum Gasteiger partial charge on any atom is -0.311 e. The highest BCUT2D eigenvalue weighted by Crippen LogP contribution is 2.26. The average Bonchev–Trinajstić information content (AvgIpc) is 2.91. The number of nitrogens with zero attached hydrogens (tertiary/aromatic N) is 1. The number of carbonyl (C=O) groups is 3. The molecule has 1 atom stereocenters. The first kappa shape index (κ1) is 11.9. The second kappa shape index (κ2) is 4.17. The summed E-state index contributed by atoms with van der Waals surface area (Å²) < 4.78 is 0. The number of amides is 3. The Kier molecular flexibility index (Phi) is 2.60. The van der Waals surface area contributed by atoms with E-state index in [0.29, 0.717) is 23.4 Å². The van der Waals surface area contributed by atoms with E-state index in [9.17, 15) is 14.4 Å². The Bertz CT molecular complexity index is 597. The minimum absolute atomic E-state index is 0.00724. The van der Waals surface area contributed by atoms with Crippen molar-refractivity contribution in [1.82, 2.24) is 10.6 Å². The number of likely N-dealkylation sites (N-methyl/N-ethyl adjacent to an activating group) is 1. The van der Waals surface area contributed by atoms with Gasteiger partial charge in [-0.3, -0.25) is 19.7 Å². The lowest BCUT2D eigenvalue weighted by Gasteiger charge is -2.17. The first-order chi connectivity index (χ1) is 9.11. The fourth-order valence-corrected chi connectivity index (χ4v) is 2.53. The number of nitrogens with one attached hydrogen (secondary N) is 2. The van der Waals surface area contributed by atoms with Crippen LogP contribution >= 0.6 is 0 Å². The maximum Gasteiger partial charge on any atom is 0.259 e. The molecular formula is C13H13N3O3. The zero-order valence-corrected chi connectivity index (χ0v) is 10.4. The third-order valence-electron chi connectivity index (χ3n) is 3.59. The summed E-state index contributed by atoms with van der Waals surface area (Å²) in [6.07, 6.45) is 0.734. The summed E-state index contributed by atoms with van der Waals surface area (Å²) in [6.45, 7) is 0.610. The van der Waals surface area contributed by atoms with Crippen molar-refractivity contribution in [2.45, 2.75) is 12.5 Å². The molecule has 1 fully saturated rings. The van der Waals surface area contributed by atoms with Gasteiger partial charge in [0.2, 0.25) is 5.91 Å². The molecule has 98 valence electrons. The number of benzene rings is 1. The summed E-state index contributed by atoms with van der Waals surface area (Å²) in [5, 5.41) is 5.19. The molecule has 6 nitrogen and oxygen atoms in total. The summed E-state index contributed by atoms with van der Waals surface area (Å²) in [5.41, 5.74) is 1.36. The van der Waals surface area contributed by atoms with Gasteiger partial charge in [-0.05, 0) is 31.7 Å². The Morgan fingerprint density at radius 1 is 1.21 bits per heavy atom. The number of fused-ring (bicyclic) bond motifs is 1. The first-order valence-electron chi connectivity index (χ1n) is 6.10. The standard InChI is InChI=1S/C13H13N3O3/c1-14-10-4-5-16(13(10)19)7-2-3-8-9(6-7)12(18)15-11(8)17/h2-3,6,10,14H,4-5H2,1H3,(H,15,17,18). The van der Waals surface area contributed by atoms with Crippen LogP contribution in [-0.2, 0) is 4.79 Å². The Morgan fingerprint density at radius 2 is 1.95 bits per heavy atom. The summed E-state index contributed by atoms with van der Waals surface area (Å²) in [5.74, 6) is -0.793. The smallest absolute Gasteiger partial charge is 0.259 e. The van der Waals surface area contributed by atoms with Gasteiger partial charge in [-0.25, -0.2) is 0 Å². The van der Waals surface area contributed by atoms with E-state index < -0.39 is 5.91 Å². The van der Waals surface area contributed by atoms with Gasteiger partial charge in [0.15, 0.2) is 0 Å². The normalized spacial score (nSPS) is 21.8. The Labute approximate surface area is 109 Å². The fourth-order valence-electron chi connectivity index (χ4n) is 2.53. The van der Waals surface area contributed by atoms with Gasteiger partial charge in [0.1, 0.15) is 0 Å². The van der Waals surface area contributed by atoms with Crippen LogP contribution in [0.5, 0.6) is 0 Å². The van der Waals surface area contributed by atoms with Crippen molar-refractivity contribution in [2.75, 3.05) is 18.5 Å². The maximum atomic E-state index is 12.1. The molecule has 0 spiro atoms. The van der Waals surface area contributed by atoms with Crippen LogP contribution in [0.15, 0.2) is 18.2 Å². The zero-order chi connectivity index (χ0) is 13.6. The molecule has 0 aromatic heterocycles. The molecule has 0 bridgehead atoms. The van der Waals surface area contributed by atoms with E-state index in [4.69, 9.17) is 0 Å². The highest BCUT2D eigenvalue weighted by molar-refractivity contribution is 6.22. The molecule has 2 heterocycles. The summed E-state index contributed by atoms with van der Waals surface area (Å²) >= 11 is 0. The molecule has 2 N–H and O–H groups in total. The van der Waals surface area contributed by atoms with E-state index in [1.54, 1.807) is 30.1 Å². The third-order valence-corrected chi connectivity index (χ3v) is 3.59. The Balaban J connectivity index is 1.96. The van der Waals surface area contributed by atoms with Gasteiger partial charge in [0.05, 0.1) is 17.2 Å². The van der Waals surface area contributed by atoms with Crippen molar-refractivity contribution in [1.29, 1.82) is 0 Å². The van der Waals surface area contributed by atoms with Gasteiger partial charge in [-0.1, -0.05) is 0 Å². The van der Waals surface area contributed by atoms with E-state index in [0.717, 1.165) is 6.42 Å². The van der Waals surface area contributed by atoms with E-state index in [1.165, 1.54) is 0 Å². The van der Waals surface area contributed by atoms with Gasteiger partial charge in [-0.2, -0.15) is 0 Å². The van der Waals surface area contributed by atoms with Crippen molar-refractivity contribution in [2.24, 2.45) is 0 Å². The van der Waals surface area contributed by atoms with Gasteiger partial charge in [0, 0.05) is 12.2 Å². The number of rotatable bonds is 2. The largest absolute Gasteiger partial charge is 0.311 e. The molecule has 2 aliphatic rings. The SMILES string of the molecule is CNC1CCN(c2ccc3c(c2)C(=O)NC3=O)C1=O. The highest BCUT2D eigenvalue weighted by Gasteiger charge is 2.33. The summed E-state index contributed by atoms with van der Waals surface area (Å²) in [4.78, 5) is 36.8. The van der Waals surface area contributed by atoms with Gasteiger partial charge < -0.3 is 10.2 Å². The molecule has 0 saturated carbocycles. The molecule has 1 aromatic carbocycles. The lowest BCUT2D eigenvalue weighted by molar-refractivity contribution is -0.118. The topological polar surface area (TPSA) is 78.5 Å². The van der Waals surface area contributed by atoms with Gasteiger partial charge >= 0.3 is 0 Å². The van der Waals surface area contributed by atoms with Crippen LogP contribution < -0.4 is 15.5 Å². The molecule has 0 aliphatic carbocycles. The third kappa shape index (κ3) is 1.72. The molecule has 3 rings (SSSR count). The molecule has 3 amide bonds. The van der Waals surface area contributed by atoms with Crippen LogP contribution in [0, 0.1) is 0 Å². The van der Waals surface area contributed by atoms with Crippen LogP contribution in [0.4, 0.5) is 5.69 Å². The van der Waals surface area contributed by atoms with Crippen molar-refractivity contribution in [3.63, 3.8) is 0 Å². The summed E-state index contributed by atoms with van der Waals surface area (Å²) in [7, 11) is 1.75. The molecule has 1 unspecified atom stereocenters. The second-order valence-electron chi connectivity index (χ2n) is 4.63. The number of hydrogen-bond donors (Lipinski definition) is 2. The fraction of sp³-hybridized carbons (Fsp3) is 0.308. The van der Waals surface area contributed by atoms with Crippen molar-refractivity contribution < 1.29 is 14.4 Å². The van der Waals surface area contributed by atoms with Gasteiger partial charge in [0.25, 0.3) is 11.8 Å². The monoisotopic (exact) mass is 259 g/mol. The molecule has 0 radical (unpaired) electrons. The van der Waals surface area contributed by atoms with Crippen LogP contribution in [0.25, 0.3) is 0 Å². The predicted octanol–water partition coefficient (Wildman–Crippen LogP) is -0.105. The first-order valence-corrected chi connectivity index (χ1v) is 6.10. The Morgan fingerprint density at radius 3 is 2.63 bits per heavy atom. The van der Waals surface area contributed by atoms with Crippen LogP contribution in [0.1, 0.15) is 27.1 Å². The average molecular weight is 259 g/mol. The van der Waals surface area contributed by atoms with E-state index in [2.05, 4.69) is 10.6 Å². The lowest BCUT2D eigenvalue weighted by Crippen LogP contribution is -2.36. The van der Waals surface area contributed by atoms with E-state index in [-0.39, 0.29) is 17.9 Å². The summed E-state index contributed by atoms with van der Waals surface area (Å²) in [6, 6.07) is 4.72. The van der Waals surface area contributed by atoms with Crippen LogP contribution in [-0.4, -0.2) is 37.4 Å². The van der Waals surface area contributed by atoms with Crippen LogP contribution in [0.2, 0.25) is 0 Å². The lowest BCUT2D eigenvalue weighted by atomic mass is 10.1.